The van der Waals surface area contributed by atoms with Gasteiger partial charge in [0.2, 0.25) is 0 Å². The van der Waals surface area contributed by atoms with Gasteiger partial charge in [-0.15, -0.1) is 0 Å². The van der Waals surface area contributed by atoms with E-state index in [-0.39, 0.29) is 21.5 Å². The lowest BCUT2D eigenvalue weighted by Crippen LogP contribution is -1.94. The Balaban J connectivity index is 2.39. The zero-order valence-corrected chi connectivity index (χ0v) is 14.9. The first kappa shape index (κ1) is 17.1. The molecule has 0 saturated heterocycles. The summed E-state index contributed by atoms with van der Waals surface area (Å²) in [5.41, 5.74) is 0.896. The van der Waals surface area contributed by atoms with E-state index in [1.807, 2.05) is 12.1 Å². The van der Waals surface area contributed by atoms with Gasteiger partial charge < -0.3 is 4.74 Å². The van der Waals surface area contributed by atoms with E-state index >= 15 is 0 Å². The molecule has 2 aromatic rings. The number of nitrogens with zero attached hydrogens (tertiary/aromatic N) is 1. The molecule has 0 fully saturated rings. The van der Waals surface area contributed by atoms with Crippen LogP contribution < -0.4 is 4.74 Å². The van der Waals surface area contributed by atoms with Crippen molar-refractivity contribution in [2.45, 2.75) is 19.8 Å². The molecule has 0 spiro atoms. The third-order valence-electron chi connectivity index (χ3n) is 3.00. The van der Waals surface area contributed by atoms with Gasteiger partial charge in [0, 0.05) is 16.6 Å². The molecule has 4 nitrogen and oxygen atoms in total. The van der Waals surface area contributed by atoms with E-state index in [1.165, 1.54) is 12.1 Å². The van der Waals surface area contributed by atoms with Gasteiger partial charge in [0.25, 0.3) is 5.69 Å². The minimum Gasteiger partial charge on any atom is -0.454 e. The summed E-state index contributed by atoms with van der Waals surface area (Å²) in [6.07, 6.45) is 0. The van der Waals surface area contributed by atoms with Crippen molar-refractivity contribution in [2.24, 2.45) is 0 Å². The van der Waals surface area contributed by atoms with Gasteiger partial charge in [-0.2, -0.15) is 0 Å². The van der Waals surface area contributed by atoms with E-state index in [2.05, 4.69) is 29.8 Å². The van der Waals surface area contributed by atoms with Crippen LogP contribution in [0.4, 0.5) is 5.69 Å². The Morgan fingerprint density at radius 2 is 1.77 bits per heavy atom. The fraction of sp³-hybridized carbons (Fsp3) is 0.200. The number of benzene rings is 2. The molecule has 0 saturated carbocycles. The van der Waals surface area contributed by atoms with Gasteiger partial charge >= 0.3 is 0 Å². The zero-order valence-electron chi connectivity index (χ0n) is 11.8. The molecular formula is C15H12BrCl2NO3. The van der Waals surface area contributed by atoms with Crippen LogP contribution in [0.25, 0.3) is 0 Å². The van der Waals surface area contributed by atoms with Gasteiger partial charge in [-0.1, -0.05) is 53.0 Å². The lowest BCUT2D eigenvalue weighted by Gasteiger charge is -2.13. The Bertz CT molecular complexity index is 712. The number of nitro benzene ring substituents is 1. The fourth-order valence-corrected chi connectivity index (χ4v) is 3.15. The average molecular weight is 405 g/mol. The molecule has 0 radical (unpaired) electrons. The summed E-state index contributed by atoms with van der Waals surface area (Å²) < 4.78 is 6.70. The second-order valence-electron chi connectivity index (χ2n) is 4.94. The normalized spacial score (nSPS) is 10.8. The third-order valence-corrected chi connectivity index (χ3v) is 4.29. The Hall–Kier alpha value is -1.30. The summed E-state index contributed by atoms with van der Waals surface area (Å²) >= 11 is 15.6. The summed E-state index contributed by atoms with van der Waals surface area (Å²) in [4.78, 5) is 10.2. The predicted octanol–water partition coefficient (Wildman–Crippen LogP) is 6.58. The Morgan fingerprint density at radius 1 is 1.18 bits per heavy atom. The summed E-state index contributed by atoms with van der Waals surface area (Å²) in [6, 6.07) is 7.95. The molecule has 0 heterocycles. The van der Waals surface area contributed by atoms with Crippen molar-refractivity contribution in [1.29, 1.82) is 0 Å². The highest BCUT2D eigenvalue weighted by atomic mass is 79.9. The predicted molar refractivity (Wildman–Crippen MR) is 91.4 cm³/mol. The van der Waals surface area contributed by atoms with Crippen LogP contribution >= 0.6 is 39.1 Å². The molecule has 0 unspecified atom stereocenters. The number of hydrogen-bond donors (Lipinski definition) is 0. The smallest absolute Gasteiger partial charge is 0.272 e. The van der Waals surface area contributed by atoms with Gasteiger partial charge in [-0.3, -0.25) is 10.1 Å². The maximum absolute atomic E-state index is 10.8. The molecule has 2 rings (SSSR count). The maximum atomic E-state index is 10.8. The molecule has 2 aromatic carbocycles. The summed E-state index contributed by atoms with van der Waals surface area (Å²) in [5, 5.41) is 11.0. The molecule has 7 heteroatoms. The van der Waals surface area contributed by atoms with Gasteiger partial charge in [0.1, 0.15) is 5.75 Å². The van der Waals surface area contributed by atoms with E-state index in [9.17, 15) is 10.1 Å². The van der Waals surface area contributed by atoms with Crippen molar-refractivity contribution in [1.82, 2.24) is 0 Å². The third kappa shape index (κ3) is 3.72. The van der Waals surface area contributed by atoms with Gasteiger partial charge in [-0.05, 0) is 29.7 Å². The molecule has 22 heavy (non-hydrogen) atoms. The van der Waals surface area contributed by atoms with Crippen molar-refractivity contribution in [3.63, 3.8) is 0 Å². The van der Waals surface area contributed by atoms with E-state index in [0.29, 0.717) is 11.7 Å². The van der Waals surface area contributed by atoms with E-state index in [1.54, 1.807) is 6.07 Å². The first-order valence-electron chi connectivity index (χ1n) is 6.40. The Morgan fingerprint density at radius 3 is 2.27 bits per heavy atom. The SMILES string of the molecule is CC(C)c1cc(Oc2c(Cl)cc([N+](=O)[O-])cc2Cl)ccc1Br. The van der Waals surface area contributed by atoms with E-state index < -0.39 is 4.92 Å². The van der Waals surface area contributed by atoms with Crippen LogP contribution in [-0.2, 0) is 0 Å². The van der Waals surface area contributed by atoms with Crippen LogP contribution in [0.1, 0.15) is 25.3 Å². The standard InChI is InChI=1S/C15H12BrCl2NO3/c1-8(2)11-7-10(3-4-12(11)16)22-15-13(17)5-9(19(20)21)6-14(15)18/h3-8H,1-2H3. The first-order valence-corrected chi connectivity index (χ1v) is 7.95. The highest BCUT2D eigenvalue weighted by molar-refractivity contribution is 9.10. The minimum absolute atomic E-state index is 0.0909. The molecule has 0 N–H and O–H groups in total. The lowest BCUT2D eigenvalue weighted by molar-refractivity contribution is -0.384. The first-order chi connectivity index (χ1) is 10.3. The van der Waals surface area contributed by atoms with Crippen molar-refractivity contribution >= 4 is 44.8 Å². The van der Waals surface area contributed by atoms with Crippen LogP contribution in [-0.4, -0.2) is 4.92 Å². The van der Waals surface area contributed by atoms with E-state index in [0.717, 1.165) is 10.0 Å². The molecule has 0 atom stereocenters. The largest absolute Gasteiger partial charge is 0.454 e. The second kappa shape index (κ2) is 6.86. The van der Waals surface area contributed by atoms with Crippen LogP contribution in [0.5, 0.6) is 11.5 Å². The van der Waals surface area contributed by atoms with Gasteiger partial charge in [-0.25, -0.2) is 0 Å². The lowest BCUT2D eigenvalue weighted by atomic mass is 10.0. The van der Waals surface area contributed by atoms with Crippen molar-refractivity contribution in [2.75, 3.05) is 0 Å². The topological polar surface area (TPSA) is 52.4 Å². The second-order valence-corrected chi connectivity index (χ2v) is 6.60. The molecule has 0 bridgehead atoms. The summed E-state index contributed by atoms with van der Waals surface area (Å²) in [7, 11) is 0. The average Bonchev–Trinajstić information content (AvgIpc) is 2.43. The summed E-state index contributed by atoms with van der Waals surface area (Å²) in [6.45, 7) is 4.13. The maximum Gasteiger partial charge on any atom is 0.272 e. The van der Waals surface area contributed by atoms with E-state index in [4.69, 9.17) is 27.9 Å². The fourth-order valence-electron chi connectivity index (χ4n) is 1.90. The molecule has 0 aliphatic carbocycles. The highest BCUT2D eigenvalue weighted by Crippen LogP contribution is 2.40. The quantitative estimate of drug-likeness (QED) is 0.427. The number of rotatable bonds is 4. The van der Waals surface area contributed by atoms with Crippen molar-refractivity contribution in [3.8, 4) is 11.5 Å². The van der Waals surface area contributed by atoms with Crippen LogP contribution in [0.3, 0.4) is 0 Å². The van der Waals surface area contributed by atoms with Crippen LogP contribution in [0.2, 0.25) is 10.0 Å². The molecular weight excluding hydrogens is 393 g/mol. The molecule has 0 amide bonds. The van der Waals surface area contributed by atoms with Crippen molar-refractivity contribution in [3.05, 3.63) is 60.5 Å². The molecule has 0 aliphatic heterocycles. The summed E-state index contributed by atoms with van der Waals surface area (Å²) in [5.74, 6) is 1.07. The number of hydrogen-bond acceptors (Lipinski definition) is 3. The molecule has 0 aromatic heterocycles. The van der Waals surface area contributed by atoms with Gasteiger partial charge in [0.05, 0.1) is 15.0 Å². The van der Waals surface area contributed by atoms with Crippen molar-refractivity contribution < 1.29 is 9.66 Å². The minimum atomic E-state index is -0.558. The monoisotopic (exact) mass is 403 g/mol. The zero-order chi connectivity index (χ0) is 16.4. The van der Waals surface area contributed by atoms with Crippen LogP contribution in [0.15, 0.2) is 34.8 Å². The number of ether oxygens (including phenoxy) is 1. The Kier molecular flexibility index (Phi) is 5.32. The Labute approximate surface area is 146 Å². The molecule has 0 aliphatic rings. The number of nitro groups is 1. The van der Waals surface area contributed by atoms with Crippen LogP contribution in [0, 0.1) is 10.1 Å². The number of non-ortho nitro benzene ring substituents is 1. The number of halogens is 3. The molecule has 116 valence electrons. The van der Waals surface area contributed by atoms with Gasteiger partial charge in [0.15, 0.2) is 5.75 Å². The highest BCUT2D eigenvalue weighted by Gasteiger charge is 2.17.